The van der Waals surface area contributed by atoms with Crippen LogP contribution in [0.2, 0.25) is 0 Å². The maximum Gasteiger partial charge on any atom is 0.230 e. The van der Waals surface area contributed by atoms with Gasteiger partial charge in [0.25, 0.3) is 0 Å². The number of amides is 2. The van der Waals surface area contributed by atoms with Crippen molar-refractivity contribution in [3.8, 4) is 0 Å². The van der Waals surface area contributed by atoms with Crippen LogP contribution in [0, 0.1) is 5.41 Å². The summed E-state index contributed by atoms with van der Waals surface area (Å²) in [5, 5.41) is 0. The first-order valence-electron chi connectivity index (χ1n) is 4.89. The number of piperidine rings is 1. The summed E-state index contributed by atoms with van der Waals surface area (Å²) < 4.78 is 0. The summed E-state index contributed by atoms with van der Waals surface area (Å²) in [6.07, 6.45) is 0.734. The quantitative estimate of drug-likeness (QED) is 0.562. The Hall–Kier alpha value is -0.970. The Labute approximate surface area is 94.8 Å². The maximum atomic E-state index is 11.8. The summed E-state index contributed by atoms with van der Waals surface area (Å²) in [6, 6.07) is -0.476. The van der Waals surface area contributed by atoms with Crippen LogP contribution in [0.4, 0.5) is 0 Å². The van der Waals surface area contributed by atoms with Crippen molar-refractivity contribution < 1.29 is 9.59 Å². The molecule has 15 heavy (non-hydrogen) atoms. The first-order chi connectivity index (χ1) is 6.74. The van der Waals surface area contributed by atoms with E-state index >= 15 is 0 Å². The monoisotopic (exact) mass is 228 g/mol. The molecule has 0 spiro atoms. The van der Waals surface area contributed by atoms with Crippen molar-refractivity contribution in [1.29, 1.82) is 0 Å². The molecule has 84 valence electrons. The van der Waals surface area contributed by atoms with Crippen LogP contribution < -0.4 is 5.73 Å². The van der Waals surface area contributed by atoms with Gasteiger partial charge in [-0.2, -0.15) is 0 Å². The minimum atomic E-state index is -0.476. The van der Waals surface area contributed by atoms with Crippen LogP contribution in [0.15, 0.2) is 0 Å². The predicted molar refractivity (Wildman–Crippen MR) is 61.1 cm³/mol. The standard InChI is InChI=1S/C10H16N2O2S/c1-6(9(11)15)12-7(13)4-10(2,3)5-8(12)14/h6H,4-5H2,1-3H3,(H2,11,15). The third kappa shape index (κ3) is 2.53. The Balaban J connectivity index is 2.89. The molecule has 1 atom stereocenters. The first-order valence-corrected chi connectivity index (χ1v) is 5.29. The fourth-order valence-electron chi connectivity index (χ4n) is 1.75. The highest BCUT2D eigenvalue weighted by Crippen LogP contribution is 2.32. The van der Waals surface area contributed by atoms with Gasteiger partial charge in [0.1, 0.15) is 0 Å². The zero-order valence-corrected chi connectivity index (χ0v) is 10.1. The number of imide groups is 1. The average molecular weight is 228 g/mol. The van der Waals surface area contributed by atoms with Gasteiger partial charge in [-0.05, 0) is 12.3 Å². The lowest BCUT2D eigenvalue weighted by molar-refractivity contribution is -0.153. The third-order valence-electron chi connectivity index (χ3n) is 2.60. The summed E-state index contributed by atoms with van der Waals surface area (Å²) in [5.41, 5.74) is 5.19. The molecular formula is C10H16N2O2S. The number of hydrogen-bond acceptors (Lipinski definition) is 3. The van der Waals surface area contributed by atoms with Crippen LogP contribution in [-0.2, 0) is 9.59 Å². The lowest BCUT2D eigenvalue weighted by atomic mass is 9.81. The molecule has 1 unspecified atom stereocenters. The molecule has 5 heteroatoms. The van der Waals surface area contributed by atoms with Crippen molar-refractivity contribution in [2.24, 2.45) is 11.1 Å². The van der Waals surface area contributed by atoms with Gasteiger partial charge in [-0.25, -0.2) is 0 Å². The molecule has 0 saturated carbocycles. The van der Waals surface area contributed by atoms with E-state index in [1.165, 1.54) is 4.90 Å². The predicted octanol–water partition coefficient (Wildman–Crippen LogP) is 0.836. The molecule has 0 aromatic heterocycles. The minimum absolute atomic E-state index is 0.177. The van der Waals surface area contributed by atoms with Gasteiger partial charge in [0.2, 0.25) is 11.8 Å². The van der Waals surface area contributed by atoms with Crippen LogP contribution in [0.1, 0.15) is 33.6 Å². The third-order valence-corrected chi connectivity index (χ3v) is 2.94. The van der Waals surface area contributed by atoms with E-state index in [0.29, 0.717) is 12.8 Å². The van der Waals surface area contributed by atoms with Gasteiger partial charge in [0.05, 0.1) is 11.0 Å². The Bertz CT molecular complexity index is 305. The van der Waals surface area contributed by atoms with E-state index in [1.807, 2.05) is 13.8 Å². The second-order valence-electron chi connectivity index (χ2n) is 4.75. The number of likely N-dealkylation sites (tertiary alicyclic amines) is 1. The number of hydrogen-bond donors (Lipinski definition) is 1. The lowest BCUT2D eigenvalue weighted by Crippen LogP contribution is -2.53. The highest BCUT2D eigenvalue weighted by molar-refractivity contribution is 7.80. The van der Waals surface area contributed by atoms with E-state index in [2.05, 4.69) is 0 Å². The Morgan fingerprint density at radius 1 is 1.40 bits per heavy atom. The molecule has 1 rings (SSSR count). The smallest absolute Gasteiger partial charge is 0.230 e. The zero-order valence-electron chi connectivity index (χ0n) is 9.24. The topological polar surface area (TPSA) is 63.4 Å². The Morgan fingerprint density at radius 3 is 2.13 bits per heavy atom. The second-order valence-corrected chi connectivity index (χ2v) is 5.22. The fourth-order valence-corrected chi connectivity index (χ4v) is 1.86. The molecule has 0 bridgehead atoms. The van der Waals surface area contributed by atoms with Crippen LogP contribution in [-0.4, -0.2) is 27.7 Å². The molecule has 0 aromatic rings. The van der Waals surface area contributed by atoms with E-state index < -0.39 is 6.04 Å². The molecule has 4 nitrogen and oxygen atoms in total. The second kappa shape index (κ2) is 3.89. The summed E-state index contributed by atoms with van der Waals surface area (Å²) in [7, 11) is 0. The molecule has 2 amide bonds. The fraction of sp³-hybridized carbons (Fsp3) is 0.700. The molecule has 1 aliphatic heterocycles. The summed E-state index contributed by atoms with van der Waals surface area (Å²) in [4.78, 5) is 24.9. The molecule has 1 saturated heterocycles. The lowest BCUT2D eigenvalue weighted by Gasteiger charge is -2.37. The number of carbonyl (C=O) groups excluding carboxylic acids is 2. The van der Waals surface area contributed by atoms with E-state index in [1.54, 1.807) is 6.92 Å². The van der Waals surface area contributed by atoms with Crippen molar-refractivity contribution in [2.75, 3.05) is 0 Å². The van der Waals surface area contributed by atoms with Gasteiger partial charge in [0.15, 0.2) is 0 Å². The number of rotatable bonds is 2. The van der Waals surface area contributed by atoms with Gasteiger partial charge in [-0.1, -0.05) is 26.1 Å². The van der Waals surface area contributed by atoms with Crippen LogP contribution in [0.25, 0.3) is 0 Å². The number of carbonyl (C=O) groups is 2. The summed E-state index contributed by atoms with van der Waals surface area (Å²) >= 11 is 4.79. The maximum absolute atomic E-state index is 11.8. The molecule has 1 aliphatic rings. The Morgan fingerprint density at radius 2 is 1.80 bits per heavy atom. The highest BCUT2D eigenvalue weighted by atomic mass is 32.1. The number of thiocarbonyl (C=S) groups is 1. The van der Waals surface area contributed by atoms with Gasteiger partial charge in [0, 0.05) is 12.8 Å². The largest absolute Gasteiger partial charge is 0.392 e. The van der Waals surface area contributed by atoms with Crippen molar-refractivity contribution >= 4 is 29.0 Å². The van der Waals surface area contributed by atoms with E-state index in [0.717, 1.165) is 0 Å². The van der Waals surface area contributed by atoms with Crippen molar-refractivity contribution in [1.82, 2.24) is 4.90 Å². The number of nitrogens with zero attached hydrogens (tertiary/aromatic N) is 1. The van der Waals surface area contributed by atoms with Crippen molar-refractivity contribution in [3.05, 3.63) is 0 Å². The van der Waals surface area contributed by atoms with Crippen molar-refractivity contribution in [2.45, 2.75) is 39.7 Å². The summed E-state index contributed by atoms with van der Waals surface area (Å²) in [6.45, 7) is 5.49. The molecular weight excluding hydrogens is 212 g/mol. The van der Waals surface area contributed by atoms with Gasteiger partial charge < -0.3 is 5.73 Å². The van der Waals surface area contributed by atoms with E-state index in [9.17, 15) is 9.59 Å². The normalized spacial score (nSPS) is 22.7. The molecule has 0 aliphatic carbocycles. The van der Waals surface area contributed by atoms with Crippen LogP contribution in [0.3, 0.4) is 0 Å². The summed E-state index contributed by atoms with van der Waals surface area (Å²) in [5.74, 6) is -0.367. The molecule has 0 aromatic carbocycles. The highest BCUT2D eigenvalue weighted by Gasteiger charge is 2.40. The molecule has 1 heterocycles. The van der Waals surface area contributed by atoms with Crippen LogP contribution >= 0.6 is 12.2 Å². The first kappa shape index (κ1) is 12.1. The molecule has 0 radical (unpaired) electrons. The number of nitrogens with two attached hydrogens (primary N) is 1. The van der Waals surface area contributed by atoms with Crippen LogP contribution in [0.5, 0.6) is 0 Å². The molecule has 2 N–H and O–H groups in total. The van der Waals surface area contributed by atoms with Gasteiger partial charge >= 0.3 is 0 Å². The Kier molecular flexibility index (Phi) is 3.13. The minimum Gasteiger partial charge on any atom is -0.392 e. The van der Waals surface area contributed by atoms with E-state index in [4.69, 9.17) is 18.0 Å². The SMILES string of the molecule is CC(C(N)=S)N1C(=O)CC(C)(C)CC1=O. The molecule has 1 fully saturated rings. The van der Waals surface area contributed by atoms with E-state index in [-0.39, 0.29) is 22.2 Å². The van der Waals surface area contributed by atoms with Crippen molar-refractivity contribution in [3.63, 3.8) is 0 Å². The average Bonchev–Trinajstić information content (AvgIpc) is 1.99. The van der Waals surface area contributed by atoms with Gasteiger partial charge in [-0.15, -0.1) is 0 Å². The zero-order chi connectivity index (χ0) is 11.8. The van der Waals surface area contributed by atoms with Gasteiger partial charge in [-0.3, -0.25) is 14.5 Å².